The lowest BCUT2D eigenvalue weighted by Gasteiger charge is -2.15. The summed E-state index contributed by atoms with van der Waals surface area (Å²) in [5.41, 5.74) is 2.01. The lowest BCUT2D eigenvalue weighted by Crippen LogP contribution is -2.04. The molecule has 0 aliphatic rings. The van der Waals surface area contributed by atoms with E-state index in [2.05, 4.69) is 5.32 Å². The van der Waals surface area contributed by atoms with E-state index in [1.54, 1.807) is 36.4 Å². The number of hydrogen-bond donors (Lipinski definition) is 1. The number of anilines is 1. The Balaban J connectivity index is 1.74. The Morgan fingerprint density at radius 3 is 2.36 bits per heavy atom. The van der Waals surface area contributed by atoms with Crippen molar-refractivity contribution in [3.8, 4) is 11.5 Å². The largest absolute Gasteiger partial charge is 0.493 e. The predicted molar refractivity (Wildman–Crippen MR) is 113 cm³/mol. The fourth-order valence-corrected chi connectivity index (χ4v) is 3.13. The van der Waals surface area contributed by atoms with Crippen LogP contribution in [0.5, 0.6) is 11.5 Å². The number of nitrogens with one attached hydrogen (secondary N) is 1. The molecule has 0 unspecified atom stereocenters. The van der Waals surface area contributed by atoms with Crippen LogP contribution in [0.2, 0.25) is 15.1 Å². The maximum absolute atomic E-state index is 13.9. The summed E-state index contributed by atoms with van der Waals surface area (Å²) in [5.74, 6) is 0.466. The van der Waals surface area contributed by atoms with Gasteiger partial charge in [0.2, 0.25) is 0 Å². The molecular formula is C21H17Cl3FNO2. The van der Waals surface area contributed by atoms with Crippen molar-refractivity contribution in [3.63, 3.8) is 0 Å². The molecule has 0 amide bonds. The molecule has 0 fully saturated rings. The normalized spacial score (nSPS) is 10.6. The zero-order chi connectivity index (χ0) is 20.1. The Labute approximate surface area is 177 Å². The lowest BCUT2D eigenvalue weighted by atomic mass is 10.2. The first-order valence-corrected chi connectivity index (χ1v) is 9.53. The fraction of sp³-hybridized carbons (Fsp3) is 0.143. The molecule has 3 aromatic rings. The van der Waals surface area contributed by atoms with Crippen LogP contribution in [0.15, 0.2) is 54.6 Å². The van der Waals surface area contributed by atoms with Gasteiger partial charge in [0.05, 0.1) is 12.1 Å². The summed E-state index contributed by atoms with van der Waals surface area (Å²) in [7, 11) is 1.53. The van der Waals surface area contributed by atoms with Crippen molar-refractivity contribution in [3.05, 3.63) is 86.6 Å². The van der Waals surface area contributed by atoms with E-state index in [9.17, 15) is 4.39 Å². The minimum Gasteiger partial charge on any atom is -0.493 e. The third-order valence-corrected chi connectivity index (χ3v) is 5.05. The Morgan fingerprint density at radius 1 is 0.929 bits per heavy atom. The third-order valence-electron chi connectivity index (χ3n) is 4.09. The van der Waals surface area contributed by atoms with E-state index < -0.39 is 5.82 Å². The van der Waals surface area contributed by atoms with Gasteiger partial charge in [0.25, 0.3) is 0 Å². The molecule has 0 saturated heterocycles. The van der Waals surface area contributed by atoms with Gasteiger partial charge < -0.3 is 14.8 Å². The summed E-state index contributed by atoms with van der Waals surface area (Å²) in [5, 5.41) is 4.73. The molecule has 3 aromatic carbocycles. The summed E-state index contributed by atoms with van der Waals surface area (Å²) in [6.45, 7) is 0.441. The Kier molecular flexibility index (Phi) is 6.89. The Hall–Kier alpha value is -2.14. The number of rotatable bonds is 7. The Bertz CT molecular complexity index is 944. The van der Waals surface area contributed by atoms with E-state index in [4.69, 9.17) is 44.3 Å². The van der Waals surface area contributed by atoms with Gasteiger partial charge in [0.15, 0.2) is 11.5 Å². The highest BCUT2D eigenvalue weighted by Crippen LogP contribution is 2.35. The first-order chi connectivity index (χ1) is 13.5. The van der Waals surface area contributed by atoms with Crippen LogP contribution in [0.4, 0.5) is 10.1 Å². The fourth-order valence-electron chi connectivity index (χ4n) is 2.57. The molecule has 146 valence electrons. The van der Waals surface area contributed by atoms with Crippen LogP contribution < -0.4 is 14.8 Å². The molecule has 0 spiro atoms. The molecule has 0 aliphatic heterocycles. The zero-order valence-corrected chi connectivity index (χ0v) is 17.2. The van der Waals surface area contributed by atoms with Gasteiger partial charge in [0, 0.05) is 33.9 Å². The molecule has 0 radical (unpaired) electrons. The van der Waals surface area contributed by atoms with Gasteiger partial charge in [-0.2, -0.15) is 0 Å². The van der Waals surface area contributed by atoms with Crippen LogP contribution in [0.3, 0.4) is 0 Å². The third kappa shape index (κ3) is 5.02. The van der Waals surface area contributed by atoms with Gasteiger partial charge in [-0.15, -0.1) is 0 Å². The van der Waals surface area contributed by atoms with Crippen molar-refractivity contribution >= 4 is 40.5 Å². The minimum atomic E-state index is -0.429. The van der Waals surface area contributed by atoms with Gasteiger partial charge in [0.1, 0.15) is 12.4 Å². The number of ether oxygens (including phenoxy) is 2. The van der Waals surface area contributed by atoms with Crippen molar-refractivity contribution in [1.29, 1.82) is 0 Å². The summed E-state index contributed by atoms with van der Waals surface area (Å²) in [4.78, 5) is 0. The average molecular weight is 441 g/mol. The highest BCUT2D eigenvalue weighted by molar-refractivity contribution is 6.32. The van der Waals surface area contributed by atoms with Crippen molar-refractivity contribution in [2.24, 2.45) is 0 Å². The second kappa shape index (κ2) is 9.37. The number of hydrogen-bond acceptors (Lipinski definition) is 3. The Morgan fingerprint density at radius 2 is 1.68 bits per heavy atom. The zero-order valence-electron chi connectivity index (χ0n) is 14.9. The average Bonchev–Trinajstić information content (AvgIpc) is 2.68. The van der Waals surface area contributed by atoms with Crippen molar-refractivity contribution in [2.45, 2.75) is 13.2 Å². The minimum absolute atomic E-state index is 0.0411. The van der Waals surface area contributed by atoms with Gasteiger partial charge in [-0.05, 0) is 48.0 Å². The number of halogens is 4. The lowest BCUT2D eigenvalue weighted by molar-refractivity contribution is 0.279. The second-order valence-corrected chi connectivity index (χ2v) is 7.19. The van der Waals surface area contributed by atoms with Gasteiger partial charge in [-0.1, -0.05) is 40.9 Å². The summed E-state index contributed by atoms with van der Waals surface area (Å²) in [6.07, 6.45) is 0. The molecule has 0 heterocycles. The smallest absolute Gasteiger partial charge is 0.163 e. The van der Waals surface area contributed by atoms with E-state index in [0.29, 0.717) is 33.1 Å². The molecule has 28 heavy (non-hydrogen) atoms. The monoisotopic (exact) mass is 439 g/mol. The molecule has 3 rings (SSSR count). The standard InChI is InChI=1S/C21H17Cl3FNO2/c1-27-20-9-13(11-26-15-7-5-14(22)6-8-15)18(24)10-21(20)28-12-16-17(23)3-2-4-19(16)25/h2-10,26H,11-12H2,1H3. The van der Waals surface area contributed by atoms with Gasteiger partial charge in [-0.3, -0.25) is 0 Å². The molecule has 0 bridgehead atoms. The van der Waals surface area contributed by atoms with Gasteiger partial charge >= 0.3 is 0 Å². The number of methoxy groups -OCH3 is 1. The number of benzene rings is 3. The maximum Gasteiger partial charge on any atom is 0.163 e. The molecular weight excluding hydrogens is 424 g/mol. The molecule has 1 N–H and O–H groups in total. The van der Waals surface area contributed by atoms with Crippen molar-refractivity contribution in [2.75, 3.05) is 12.4 Å². The van der Waals surface area contributed by atoms with E-state index in [0.717, 1.165) is 11.3 Å². The van der Waals surface area contributed by atoms with Crippen LogP contribution in [-0.2, 0) is 13.2 Å². The molecule has 0 aromatic heterocycles. The molecule has 0 atom stereocenters. The van der Waals surface area contributed by atoms with E-state index >= 15 is 0 Å². The van der Waals surface area contributed by atoms with E-state index in [1.165, 1.54) is 13.2 Å². The quantitative estimate of drug-likeness (QED) is 0.429. The molecule has 7 heteroatoms. The second-order valence-electron chi connectivity index (χ2n) is 5.94. The van der Waals surface area contributed by atoms with Crippen LogP contribution in [0.25, 0.3) is 0 Å². The topological polar surface area (TPSA) is 30.5 Å². The molecule has 3 nitrogen and oxygen atoms in total. The maximum atomic E-state index is 13.9. The van der Waals surface area contributed by atoms with Crippen LogP contribution in [-0.4, -0.2) is 7.11 Å². The van der Waals surface area contributed by atoms with Crippen LogP contribution >= 0.6 is 34.8 Å². The van der Waals surface area contributed by atoms with E-state index in [-0.39, 0.29) is 12.2 Å². The van der Waals surface area contributed by atoms with Crippen molar-refractivity contribution < 1.29 is 13.9 Å². The predicted octanol–water partition coefficient (Wildman–Crippen LogP) is 6.99. The molecule has 0 saturated carbocycles. The SMILES string of the molecule is COc1cc(CNc2ccc(Cl)cc2)c(Cl)cc1OCc1c(F)cccc1Cl. The first-order valence-electron chi connectivity index (χ1n) is 8.39. The van der Waals surface area contributed by atoms with Crippen molar-refractivity contribution in [1.82, 2.24) is 0 Å². The highest BCUT2D eigenvalue weighted by Gasteiger charge is 2.13. The van der Waals surface area contributed by atoms with Crippen LogP contribution in [0, 0.1) is 5.82 Å². The first kappa shape index (κ1) is 20.6. The van der Waals surface area contributed by atoms with Crippen LogP contribution in [0.1, 0.15) is 11.1 Å². The summed E-state index contributed by atoms with van der Waals surface area (Å²) < 4.78 is 25.0. The highest BCUT2D eigenvalue weighted by atomic mass is 35.5. The summed E-state index contributed by atoms with van der Waals surface area (Å²) in [6, 6.07) is 15.3. The summed E-state index contributed by atoms with van der Waals surface area (Å²) >= 11 is 18.3. The van der Waals surface area contributed by atoms with E-state index in [1.807, 2.05) is 12.1 Å². The van der Waals surface area contributed by atoms with Gasteiger partial charge in [-0.25, -0.2) is 4.39 Å². The molecule has 0 aliphatic carbocycles.